The van der Waals surface area contributed by atoms with Crippen LogP contribution in [-0.2, 0) is 6.54 Å². The number of nitrogens with zero attached hydrogens (tertiary/aromatic N) is 1. The average Bonchev–Trinajstić information content (AvgIpc) is 2.59. The molecule has 0 fully saturated rings. The van der Waals surface area contributed by atoms with Crippen LogP contribution in [0, 0.1) is 0 Å². The number of carboxylic acids is 1. The predicted molar refractivity (Wildman–Crippen MR) is 82.2 cm³/mol. The summed E-state index contributed by atoms with van der Waals surface area (Å²) in [6.45, 7) is 0.179. The minimum absolute atomic E-state index is 0.157. The van der Waals surface area contributed by atoms with Crippen molar-refractivity contribution in [1.29, 1.82) is 0 Å². The van der Waals surface area contributed by atoms with Gasteiger partial charge in [0.25, 0.3) is 11.8 Å². The Balaban J connectivity index is 2.01. The standard InChI is InChI=1S/C16H15N3O4/c1-17-14(20)12-5-6-13(18-9-12)15(21)19-8-10-3-2-4-11(7-10)16(22)23/h2-7,9H,8H2,1H3,(H,17,20)(H,19,21)(H,22,23). The summed E-state index contributed by atoms with van der Waals surface area (Å²) in [5, 5.41) is 14.0. The van der Waals surface area contributed by atoms with Crippen molar-refractivity contribution >= 4 is 17.8 Å². The van der Waals surface area contributed by atoms with E-state index in [4.69, 9.17) is 5.11 Å². The molecule has 0 spiro atoms. The summed E-state index contributed by atoms with van der Waals surface area (Å²) in [7, 11) is 1.51. The molecule has 3 N–H and O–H groups in total. The summed E-state index contributed by atoms with van der Waals surface area (Å²) < 4.78 is 0. The topological polar surface area (TPSA) is 108 Å². The molecule has 1 aromatic heterocycles. The second kappa shape index (κ2) is 7.17. The van der Waals surface area contributed by atoms with Gasteiger partial charge in [-0.25, -0.2) is 4.79 Å². The molecule has 23 heavy (non-hydrogen) atoms. The largest absolute Gasteiger partial charge is 0.478 e. The van der Waals surface area contributed by atoms with E-state index in [1.807, 2.05) is 0 Å². The summed E-state index contributed by atoms with van der Waals surface area (Å²) >= 11 is 0. The van der Waals surface area contributed by atoms with Crippen LogP contribution in [0.1, 0.15) is 36.8 Å². The van der Waals surface area contributed by atoms with Crippen molar-refractivity contribution < 1.29 is 19.5 Å². The maximum atomic E-state index is 12.0. The predicted octanol–water partition coefficient (Wildman–Crippen LogP) is 1.07. The molecular weight excluding hydrogens is 298 g/mol. The number of benzene rings is 1. The van der Waals surface area contributed by atoms with Crippen molar-refractivity contribution in [3.8, 4) is 0 Å². The van der Waals surface area contributed by atoms with Gasteiger partial charge in [-0.2, -0.15) is 0 Å². The van der Waals surface area contributed by atoms with Gasteiger partial charge in [0, 0.05) is 19.8 Å². The van der Waals surface area contributed by atoms with E-state index < -0.39 is 11.9 Å². The van der Waals surface area contributed by atoms with Crippen LogP contribution in [-0.4, -0.2) is 34.9 Å². The van der Waals surface area contributed by atoms with Gasteiger partial charge in [-0.3, -0.25) is 14.6 Å². The molecular formula is C16H15N3O4. The van der Waals surface area contributed by atoms with Gasteiger partial charge in [0.2, 0.25) is 0 Å². The Morgan fingerprint density at radius 1 is 1.09 bits per heavy atom. The molecule has 118 valence electrons. The van der Waals surface area contributed by atoms with Gasteiger partial charge in [0.05, 0.1) is 11.1 Å². The second-order valence-corrected chi connectivity index (χ2v) is 4.70. The Morgan fingerprint density at radius 2 is 1.87 bits per heavy atom. The smallest absolute Gasteiger partial charge is 0.335 e. The molecule has 2 aromatic rings. The number of hydrogen-bond acceptors (Lipinski definition) is 4. The maximum absolute atomic E-state index is 12.0. The molecule has 0 aliphatic rings. The number of carboxylic acid groups (broad SMARTS) is 1. The highest BCUT2D eigenvalue weighted by Crippen LogP contribution is 2.06. The van der Waals surface area contributed by atoms with Crippen LogP contribution in [0.25, 0.3) is 0 Å². The first-order valence-electron chi connectivity index (χ1n) is 6.80. The zero-order valence-corrected chi connectivity index (χ0v) is 12.4. The minimum Gasteiger partial charge on any atom is -0.478 e. The summed E-state index contributed by atoms with van der Waals surface area (Å²) in [6.07, 6.45) is 1.32. The lowest BCUT2D eigenvalue weighted by molar-refractivity contribution is 0.0696. The van der Waals surface area contributed by atoms with Crippen LogP contribution in [0.2, 0.25) is 0 Å². The lowest BCUT2D eigenvalue weighted by atomic mass is 10.1. The van der Waals surface area contributed by atoms with Crippen LogP contribution < -0.4 is 10.6 Å². The van der Waals surface area contributed by atoms with Crippen molar-refractivity contribution in [2.45, 2.75) is 6.54 Å². The van der Waals surface area contributed by atoms with E-state index in [2.05, 4.69) is 15.6 Å². The van der Waals surface area contributed by atoms with Crippen molar-refractivity contribution in [3.05, 3.63) is 65.0 Å². The van der Waals surface area contributed by atoms with E-state index in [-0.39, 0.29) is 23.7 Å². The fourth-order valence-electron chi connectivity index (χ4n) is 1.89. The second-order valence-electron chi connectivity index (χ2n) is 4.70. The molecule has 7 heteroatoms. The first-order chi connectivity index (χ1) is 11.0. The molecule has 0 atom stereocenters. The fourth-order valence-corrected chi connectivity index (χ4v) is 1.89. The van der Waals surface area contributed by atoms with Crippen molar-refractivity contribution in [3.63, 3.8) is 0 Å². The highest BCUT2D eigenvalue weighted by Gasteiger charge is 2.10. The molecule has 0 bridgehead atoms. The summed E-state index contributed by atoms with van der Waals surface area (Å²) in [4.78, 5) is 38.2. The Bertz CT molecular complexity index is 741. The molecule has 7 nitrogen and oxygen atoms in total. The first kappa shape index (κ1) is 16.2. The van der Waals surface area contributed by atoms with Crippen LogP contribution in [0.3, 0.4) is 0 Å². The van der Waals surface area contributed by atoms with Gasteiger partial charge in [-0.1, -0.05) is 12.1 Å². The number of carbonyl (C=O) groups is 3. The highest BCUT2D eigenvalue weighted by atomic mass is 16.4. The molecule has 0 radical (unpaired) electrons. The molecule has 1 aromatic carbocycles. The maximum Gasteiger partial charge on any atom is 0.335 e. The minimum atomic E-state index is -1.02. The molecule has 0 saturated heterocycles. The normalized spacial score (nSPS) is 9.96. The highest BCUT2D eigenvalue weighted by molar-refractivity contribution is 5.96. The van der Waals surface area contributed by atoms with Crippen LogP contribution in [0.5, 0.6) is 0 Å². The van der Waals surface area contributed by atoms with E-state index in [0.717, 1.165) is 0 Å². The van der Waals surface area contributed by atoms with Crippen LogP contribution >= 0.6 is 0 Å². The summed E-state index contributed by atoms with van der Waals surface area (Å²) in [6, 6.07) is 9.26. The van der Waals surface area contributed by atoms with Gasteiger partial charge < -0.3 is 15.7 Å². The zero-order chi connectivity index (χ0) is 16.8. The van der Waals surface area contributed by atoms with E-state index in [0.29, 0.717) is 11.1 Å². The number of aromatic nitrogens is 1. The van der Waals surface area contributed by atoms with Crippen molar-refractivity contribution in [2.75, 3.05) is 7.05 Å². The first-order valence-corrected chi connectivity index (χ1v) is 6.80. The Morgan fingerprint density at radius 3 is 2.48 bits per heavy atom. The average molecular weight is 313 g/mol. The van der Waals surface area contributed by atoms with E-state index >= 15 is 0 Å². The van der Waals surface area contributed by atoms with E-state index in [1.54, 1.807) is 12.1 Å². The number of amides is 2. The van der Waals surface area contributed by atoms with Gasteiger partial charge in [-0.05, 0) is 29.8 Å². The lowest BCUT2D eigenvalue weighted by Crippen LogP contribution is -2.24. The molecule has 0 aliphatic heterocycles. The number of aromatic carboxylic acids is 1. The number of hydrogen-bond donors (Lipinski definition) is 3. The zero-order valence-electron chi connectivity index (χ0n) is 12.4. The van der Waals surface area contributed by atoms with Gasteiger partial charge in [0.1, 0.15) is 5.69 Å². The molecule has 2 rings (SSSR count). The van der Waals surface area contributed by atoms with Gasteiger partial charge in [-0.15, -0.1) is 0 Å². The van der Waals surface area contributed by atoms with E-state index in [1.165, 1.54) is 37.5 Å². The van der Waals surface area contributed by atoms with Crippen LogP contribution in [0.15, 0.2) is 42.6 Å². The number of rotatable bonds is 5. The number of pyridine rings is 1. The summed E-state index contributed by atoms with van der Waals surface area (Å²) in [5.41, 5.74) is 1.36. The third kappa shape index (κ3) is 4.13. The van der Waals surface area contributed by atoms with Crippen molar-refractivity contribution in [2.24, 2.45) is 0 Å². The Labute approximate surface area is 132 Å². The van der Waals surface area contributed by atoms with E-state index in [9.17, 15) is 14.4 Å². The Hall–Kier alpha value is -3.22. The van der Waals surface area contributed by atoms with Crippen LogP contribution in [0.4, 0.5) is 0 Å². The molecule has 0 saturated carbocycles. The molecule has 2 amide bonds. The quantitative estimate of drug-likeness (QED) is 0.765. The van der Waals surface area contributed by atoms with Crippen molar-refractivity contribution in [1.82, 2.24) is 15.6 Å². The van der Waals surface area contributed by atoms with Gasteiger partial charge >= 0.3 is 5.97 Å². The number of nitrogens with one attached hydrogen (secondary N) is 2. The third-order valence-electron chi connectivity index (χ3n) is 3.11. The number of carbonyl (C=O) groups excluding carboxylic acids is 2. The third-order valence-corrected chi connectivity index (χ3v) is 3.11. The van der Waals surface area contributed by atoms with Gasteiger partial charge in [0.15, 0.2) is 0 Å². The molecule has 1 heterocycles. The Kier molecular flexibility index (Phi) is 5.03. The fraction of sp³-hybridized carbons (Fsp3) is 0.125. The monoisotopic (exact) mass is 313 g/mol. The summed E-state index contributed by atoms with van der Waals surface area (Å²) in [5.74, 6) is -1.71. The SMILES string of the molecule is CNC(=O)c1ccc(C(=O)NCc2cccc(C(=O)O)c2)nc1. The lowest BCUT2D eigenvalue weighted by Gasteiger charge is -2.06. The molecule has 0 unspecified atom stereocenters. The molecule has 0 aliphatic carbocycles.